The molecule has 2 aromatic heterocycles. The average Bonchev–Trinajstić information content (AvgIpc) is 3.03. The summed E-state index contributed by atoms with van der Waals surface area (Å²) in [6.45, 7) is 0.739. The number of imidazole rings is 1. The Balaban J connectivity index is 1.95. The Morgan fingerprint density at radius 3 is 3.16 bits per heavy atom. The van der Waals surface area contributed by atoms with Crippen LogP contribution in [0.5, 0.6) is 5.75 Å². The van der Waals surface area contributed by atoms with Crippen molar-refractivity contribution < 1.29 is 4.74 Å². The number of hydrogen-bond donors (Lipinski definition) is 1. The molecule has 0 saturated heterocycles. The average molecular weight is 253 g/mol. The van der Waals surface area contributed by atoms with Gasteiger partial charge in [-0.15, -0.1) is 0 Å². The van der Waals surface area contributed by atoms with E-state index in [0.717, 1.165) is 35.7 Å². The molecule has 0 amide bonds. The normalized spacial score (nSPS) is 13.5. The first kappa shape index (κ1) is 10.4. The molecule has 0 fully saturated rings. The van der Waals surface area contributed by atoms with E-state index < -0.39 is 0 Å². The number of nitrogens with one attached hydrogen (secondary N) is 1. The summed E-state index contributed by atoms with van der Waals surface area (Å²) in [6, 6.07) is 9.23. The van der Waals surface area contributed by atoms with Gasteiger partial charge in [0.15, 0.2) is 5.65 Å². The molecule has 5 heteroatoms. The highest BCUT2D eigenvalue weighted by Crippen LogP contribution is 2.30. The van der Waals surface area contributed by atoms with Gasteiger partial charge in [-0.3, -0.25) is 9.89 Å². The van der Waals surface area contributed by atoms with Gasteiger partial charge in [0, 0.05) is 18.1 Å². The molecule has 0 saturated carbocycles. The van der Waals surface area contributed by atoms with E-state index >= 15 is 0 Å². The zero-order valence-corrected chi connectivity index (χ0v) is 10.1. The highest BCUT2D eigenvalue weighted by Gasteiger charge is 2.14. The second-order valence-electron chi connectivity index (χ2n) is 4.57. The zero-order chi connectivity index (χ0) is 12.8. The molecule has 0 unspecified atom stereocenters. The van der Waals surface area contributed by atoms with Crippen LogP contribution in [-0.4, -0.2) is 21.2 Å². The van der Waals surface area contributed by atoms with Crippen molar-refractivity contribution in [2.24, 2.45) is 0 Å². The fourth-order valence-electron chi connectivity index (χ4n) is 2.45. The molecule has 1 aliphatic heterocycles. The van der Waals surface area contributed by atoms with Gasteiger partial charge in [-0.05, 0) is 29.8 Å². The van der Waals surface area contributed by atoms with Crippen LogP contribution < -0.4 is 10.3 Å². The smallest absolute Gasteiger partial charge is 0.263 e. The third-order valence-corrected chi connectivity index (χ3v) is 3.38. The van der Waals surface area contributed by atoms with Gasteiger partial charge in [0.2, 0.25) is 0 Å². The van der Waals surface area contributed by atoms with Crippen molar-refractivity contribution in [2.75, 3.05) is 6.61 Å². The predicted octanol–water partition coefficient (Wildman–Crippen LogP) is 1.62. The van der Waals surface area contributed by atoms with Crippen LogP contribution in [0.3, 0.4) is 0 Å². The number of fused-ring (bicyclic) bond motifs is 2. The van der Waals surface area contributed by atoms with Crippen LogP contribution in [0.25, 0.3) is 16.9 Å². The van der Waals surface area contributed by atoms with E-state index in [0.29, 0.717) is 0 Å². The molecule has 0 aliphatic carbocycles. The van der Waals surface area contributed by atoms with Crippen molar-refractivity contribution in [3.63, 3.8) is 0 Å². The minimum atomic E-state index is -0.142. The van der Waals surface area contributed by atoms with Gasteiger partial charge >= 0.3 is 0 Å². The van der Waals surface area contributed by atoms with Crippen molar-refractivity contribution in [1.82, 2.24) is 14.6 Å². The highest BCUT2D eigenvalue weighted by atomic mass is 16.5. The molecule has 3 heterocycles. The highest BCUT2D eigenvalue weighted by molar-refractivity contribution is 5.65. The molecule has 0 radical (unpaired) electrons. The zero-order valence-electron chi connectivity index (χ0n) is 10.1. The van der Waals surface area contributed by atoms with Crippen LogP contribution in [0, 0.1) is 0 Å². The number of hydrogen-bond acceptors (Lipinski definition) is 3. The molecule has 1 aromatic carbocycles. The fourth-order valence-corrected chi connectivity index (χ4v) is 2.45. The SMILES string of the molecule is O=c1ccc2ncc(-c3ccc4c(c3)CCO4)n2[nH]1. The molecule has 1 N–H and O–H groups in total. The molecule has 3 aromatic rings. The maximum Gasteiger partial charge on any atom is 0.263 e. The third kappa shape index (κ3) is 1.55. The molecule has 19 heavy (non-hydrogen) atoms. The van der Waals surface area contributed by atoms with E-state index in [1.807, 2.05) is 12.1 Å². The van der Waals surface area contributed by atoms with E-state index in [-0.39, 0.29) is 5.56 Å². The molecular weight excluding hydrogens is 242 g/mol. The van der Waals surface area contributed by atoms with Crippen LogP contribution >= 0.6 is 0 Å². The molecule has 0 spiro atoms. The largest absolute Gasteiger partial charge is 0.493 e. The summed E-state index contributed by atoms with van der Waals surface area (Å²) in [7, 11) is 0. The van der Waals surface area contributed by atoms with Crippen LogP contribution in [0.15, 0.2) is 41.3 Å². The molecule has 94 valence electrons. The topological polar surface area (TPSA) is 59.4 Å². The monoisotopic (exact) mass is 253 g/mol. The Morgan fingerprint density at radius 1 is 1.26 bits per heavy atom. The first-order valence-electron chi connectivity index (χ1n) is 6.14. The second-order valence-corrected chi connectivity index (χ2v) is 4.57. The minimum absolute atomic E-state index is 0.142. The van der Waals surface area contributed by atoms with Crippen LogP contribution in [0.1, 0.15) is 5.56 Å². The summed E-state index contributed by atoms with van der Waals surface area (Å²) < 4.78 is 7.21. The number of benzene rings is 1. The summed E-state index contributed by atoms with van der Waals surface area (Å²) in [5, 5.41) is 2.77. The van der Waals surface area contributed by atoms with Gasteiger partial charge in [0.05, 0.1) is 18.5 Å². The van der Waals surface area contributed by atoms with E-state index in [1.54, 1.807) is 16.8 Å². The lowest BCUT2D eigenvalue weighted by atomic mass is 10.1. The second kappa shape index (κ2) is 3.71. The Hall–Kier alpha value is -2.56. The number of H-pyrrole nitrogens is 1. The fraction of sp³-hybridized carbons (Fsp3) is 0.143. The van der Waals surface area contributed by atoms with E-state index in [2.05, 4.69) is 16.1 Å². The van der Waals surface area contributed by atoms with Gasteiger partial charge in [-0.25, -0.2) is 9.50 Å². The lowest BCUT2D eigenvalue weighted by Gasteiger charge is -2.04. The summed E-state index contributed by atoms with van der Waals surface area (Å²) in [5.74, 6) is 0.950. The van der Waals surface area contributed by atoms with Gasteiger partial charge in [0.1, 0.15) is 5.75 Å². The van der Waals surface area contributed by atoms with Crippen LogP contribution in [0.4, 0.5) is 0 Å². The summed E-state index contributed by atoms with van der Waals surface area (Å²) >= 11 is 0. The van der Waals surface area contributed by atoms with Gasteiger partial charge in [-0.2, -0.15) is 0 Å². The lowest BCUT2D eigenvalue weighted by molar-refractivity contribution is 0.357. The number of aromatic nitrogens is 3. The molecule has 4 rings (SSSR count). The molecule has 0 bridgehead atoms. The van der Waals surface area contributed by atoms with Crippen LogP contribution in [-0.2, 0) is 6.42 Å². The third-order valence-electron chi connectivity index (χ3n) is 3.38. The Bertz CT molecular complexity index is 832. The van der Waals surface area contributed by atoms with Crippen LogP contribution in [0.2, 0.25) is 0 Å². The molecule has 5 nitrogen and oxygen atoms in total. The molecule has 1 aliphatic rings. The minimum Gasteiger partial charge on any atom is -0.493 e. The van der Waals surface area contributed by atoms with E-state index in [1.165, 1.54) is 11.6 Å². The maximum absolute atomic E-state index is 11.4. The van der Waals surface area contributed by atoms with Crippen molar-refractivity contribution in [3.05, 3.63) is 52.4 Å². The summed E-state index contributed by atoms with van der Waals surface area (Å²) in [6.07, 6.45) is 2.69. The Labute approximate surface area is 108 Å². The van der Waals surface area contributed by atoms with E-state index in [9.17, 15) is 4.79 Å². The number of rotatable bonds is 1. The first-order valence-corrected chi connectivity index (χ1v) is 6.14. The maximum atomic E-state index is 11.4. The first-order chi connectivity index (χ1) is 9.31. The summed E-state index contributed by atoms with van der Waals surface area (Å²) in [4.78, 5) is 15.7. The number of nitrogens with zero attached hydrogens (tertiary/aromatic N) is 2. The summed E-state index contributed by atoms with van der Waals surface area (Å²) in [5.41, 5.74) is 3.69. The standard InChI is InChI=1S/C14H11N3O2/c18-14-4-3-13-15-8-11(17(13)16-14)9-1-2-12-10(7-9)5-6-19-12/h1-4,7-8H,5-6H2,(H,16,18). The Morgan fingerprint density at radius 2 is 2.21 bits per heavy atom. The van der Waals surface area contributed by atoms with Gasteiger partial charge in [0.25, 0.3) is 5.56 Å². The predicted molar refractivity (Wildman–Crippen MR) is 70.4 cm³/mol. The molecule has 0 atom stereocenters. The van der Waals surface area contributed by atoms with E-state index in [4.69, 9.17) is 4.74 Å². The molecular formula is C14H11N3O2. The Kier molecular flexibility index (Phi) is 2.03. The number of aromatic amines is 1. The van der Waals surface area contributed by atoms with Crippen molar-refractivity contribution in [1.29, 1.82) is 0 Å². The van der Waals surface area contributed by atoms with Crippen molar-refractivity contribution >= 4 is 5.65 Å². The van der Waals surface area contributed by atoms with Crippen molar-refractivity contribution in [3.8, 4) is 17.0 Å². The van der Waals surface area contributed by atoms with Gasteiger partial charge in [-0.1, -0.05) is 0 Å². The van der Waals surface area contributed by atoms with Crippen molar-refractivity contribution in [2.45, 2.75) is 6.42 Å². The quantitative estimate of drug-likeness (QED) is 0.717. The lowest BCUT2D eigenvalue weighted by Crippen LogP contribution is -2.09. The van der Waals surface area contributed by atoms with Gasteiger partial charge < -0.3 is 4.74 Å². The number of ether oxygens (including phenoxy) is 1.